The normalized spacial score (nSPS) is 12.1. The van der Waals surface area contributed by atoms with Gasteiger partial charge in [0.05, 0.1) is 13.2 Å². The van der Waals surface area contributed by atoms with Crippen LogP contribution in [0.3, 0.4) is 0 Å². The van der Waals surface area contributed by atoms with E-state index in [0.717, 1.165) is 6.29 Å². The average molecular weight is 189 g/mol. The first-order chi connectivity index (χ1) is 6.05. The molecule has 0 atom stereocenters. The van der Waals surface area contributed by atoms with Crippen molar-refractivity contribution in [2.75, 3.05) is 32.8 Å². The molecule has 0 saturated heterocycles. The predicted molar refractivity (Wildman–Crippen MR) is 50.5 cm³/mol. The highest BCUT2D eigenvalue weighted by Gasteiger charge is 2.20. The van der Waals surface area contributed by atoms with E-state index in [1.165, 1.54) is 0 Å². The van der Waals surface area contributed by atoms with Gasteiger partial charge in [0.2, 0.25) is 0 Å². The fourth-order valence-electron chi connectivity index (χ4n) is 1.17. The Balaban J connectivity index is 3.99. The molecule has 78 valence electrons. The van der Waals surface area contributed by atoms with Crippen LogP contribution in [-0.4, -0.2) is 54.2 Å². The number of rotatable bonds is 7. The summed E-state index contributed by atoms with van der Waals surface area (Å²) in [6, 6.07) is 0. The number of aliphatic hydroxyl groups is 2. The van der Waals surface area contributed by atoms with Crippen molar-refractivity contribution in [1.82, 2.24) is 4.90 Å². The number of hydrogen-bond acceptors (Lipinski definition) is 4. The fraction of sp³-hybridized carbons (Fsp3) is 0.889. The van der Waals surface area contributed by atoms with Crippen LogP contribution in [0.2, 0.25) is 0 Å². The van der Waals surface area contributed by atoms with Gasteiger partial charge < -0.3 is 15.0 Å². The van der Waals surface area contributed by atoms with Gasteiger partial charge in [0, 0.05) is 25.0 Å². The van der Waals surface area contributed by atoms with E-state index in [1.54, 1.807) is 0 Å². The van der Waals surface area contributed by atoms with Crippen LogP contribution >= 0.6 is 0 Å². The molecule has 0 radical (unpaired) electrons. The molecular weight excluding hydrogens is 170 g/mol. The summed E-state index contributed by atoms with van der Waals surface area (Å²) in [5, 5.41) is 17.4. The van der Waals surface area contributed by atoms with Crippen molar-refractivity contribution in [3.05, 3.63) is 0 Å². The lowest BCUT2D eigenvalue weighted by atomic mass is 9.95. The zero-order chi connectivity index (χ0) is 10.3. The standard InChI is InChI=1S/C9H19NO3/c1-9(2,8-13)7-10(3-5-11)4-6-12/h8,11-12H,3-7H2,1-2H3. The maximum Gasteiger partial charge on any atom is 0.126 e. The molecule has 0 aromatic heterocycles. The van der Waals surface area contributed by atoms with Gasteiger partial charge in [0.25, 0.3) is 0 Å². The van der Waals surface area contributed by atoms with Crippen molar-refractivity contribution >= 4 is 6.29 Å². The van der Waals surface area contributed by atoms with Gasteiger partial charge in [-0.1, -0.05) is 13.8 Å². The molecule has 0 aliphatic rings. The Morgan fingerprint density at radius 1 is 1.23 bits per heavy atom. The molecule has 0 aliphatic carbocycles. The second-order valence-electron chi connectivity index (χ2n) is 3.83. The van der Waals surface area contributed by atoms with Crippen molar-refractivity contribution in [2.24, 2.45) is 5.41 Å². The molecule has 0 heterocycles. The summed E-state index contributed by atoms with van der Waals surface area (Å²) in [5.74, 6) is 0. The highest BCUT2D eigenvalue weighted by atomic mass is 16.3. The predicted octanol–water partition coefficient (Wildman–Crippen LogP) is -0.502. The van der Waals surface area contributed by atoms with E-state index in [9.17, 15) is 4.79 Å². The molecule has 4 nitrogen and oxygen atoms in total. The third kappa shape index (κ3) is 5.74. The third-order valence-electron chi connectivity index (χ3n) is 1.78. The topological polar surface area (TPSA) is 60.8 Å². The molecule has 0 bridgehead atoms. The fourth-order valence-corrected chi connectivity index (χ4v) is 1.17. The van der Waals surface area contributed by atoms with Crippen molar-refractivity contribution in [1.29, 1.82) is 0 Å². The maximum atomic E-state index is 10.6. The van der Waals surface area contributed by atoms with E-state index in [0.29, 0.717) is 19.6 Å². The quantitative estimate of drug-likeness (QED) is 0.530. The second-order valence-corrected chi connectivity index (χ2v) is 3.83. The van der Waals surface area contributed by atoms with Crippen LogP contribution < -0.4 is 0 Å². The largest absolute Gasteiger partial charge is 0.395 e. The molecule has 0 rings (SSSR count). The lowest BCUT2D eigenvalue weighted by Crippen LogP contribution is -2.38. The van der Waals surface area contributed by atoms with Crippen molar-refractivity contribution in [2.45, 2.75) is 13.8 Å². The van der Waals surface area contributed by atoms with E-state index >= 15 is 0 Å². The Kier molecular flexibility index (Phi) is 5.86. The van der Waals surface area contributed by atoms with Crippen LogP contribution in [0.5, 0.6) is 0 Å². The second kappa shape index (κ2) is 6.07. The number of aldehydes is 1. The Hall–Kier alpha value is -0.450. The van der Waals surface area contributed by atoms with Crippen LogP contribution in [0.1, 0.15) is 13.8 Å². The lowest BCUT2D eigenvalue weighted by Gasteiger charge is -2.27. The summed E-state index contributed by atoms with van der Waals surface area (Å²) in [5.41, 5.74) is -0.412. The molecule has 13 heavy (non-hydrogen) atoms. The maximum absolute atomic E-state index is 10.6. The van der Waals surface area contributed by atoms with E-state index in [2.05, 4.69) is 0 Å². The van der Waals surface area contributed by atoms with Crippen LogP contribution in [0.4, 0.5) is 0 Å². The Labute approximate surface area is 79.2 Å². The molecule has 0 spiro atoms. The first-order valence-electron chi connectivity index (χ1n) is 4.46. The molecule has 0 saturated carbocycles. The van der Waals surface area contributed by atoms with Crippen LogP contribution in [-0.2, 0) is 4.79 Å². The molecule has 0 aliphatic heterocycles. The monoisotopic (exact) mass is 189 g/mol. The number of carbonyl (C=O) groups excluding carboxylic acids is 1. The van der Waals surface area contributed by atoms with Gasteiger partial charge in [-0.15, -0.1) is 0 Å². The minimum Gasteiger partial charge on any atom is -0.395 e. The average Bonchev–Trinajstić information content (AvgIpc) is 2.05. The summed E-state index contributed by atoms with van der Waals surface area (Å²) in [6.45, 7) is 5.33. The third-order valence-corrected chi connectivity index (χ3v) is 1.78. The number of nitrogens with zero attached hydrogens (tertiary/aromatic N) is 1. The molecule has 2 N–H and O–H groups in total. The van der Waals surface area contributed by atoms with Gasteiger partial charge in [0.15, 0.2) is 0 Å². The zero-order valence-electron chi connectivity index (χ0n) is 8.36. The van der Waals surface area contributed by atoms with E-state index in [4.69, 9.17) is 10.2 Å². The molecule has 0 amide bonds. The molecule has 0 unspecified atom stereocenters. The Morgan fingerprint density at radius 3 is 2.00 bits per heavy atom. The Morgan fingerprint density at radius 2 is 1.69 bits per heavy atom. The summed E-state index contributed by atoms with van der Waals surface area (Å²) >= 11 is 0. The van der Waals surface area contributed by atoms with Crippen LogP contribution in [0.15, 0.2) is 0 Å². The first-order valence-corrected chi connectivity index (χ1v) is 4.46. The van der Waals surface area contributed by atoms with Gasteiger partial charge in [-0.3, -0.25) is 4.90 Å². The zero-order valence-corrected chi connectivity index (χ0v) is 8.36. The lowest BCUT2D eigenvalue weighted by molar-refractivity contribution is -0.115. The number of aliphatic hydroxyl groups excluding tert-OH is 2. The SMILES string of the molecule is CC(C)(C=O)CN(CCO)CCO. The smallest absolute Gasteiger partial charge is 0.126 e. The van der Waals surface area contributed by atoms with Gasteiger partial charge in [0.1, 0.15) is 6.29 Å². The Bertz CT molecular complexity index is 142. The molecule has 0 aromatic carbocycles. The van der Waals surface area contributed by atoms with Crippen LogP contribution in [0, 0.1) is 5.41 Å². The minimum atomic E-state index is -0.412. The summed E-state index contributed by atoms with van der Waals surface area (Å²) in [7, 11) is 0. The van der Waals surface area contributed by atoms with Gasteiger partial charge >= 0.3 is 0 Å². The highest BCUT2D eigenvalue weighted by molar-refractivity contribution is 5.58. The van der Waals surface area contributed by atoms with E-state index in [1.807, 2.05) is 18.7 Å². The van der Waals surface area contributed by atoms with Crippen molar-refractivity contribution in [3.63, 3.8) is 0 Å². The van der Waals surface area contributed by atoms with E-state index < -0.39 is 5.41 Å². The number of carbonyl (C=O) groups is 1. The summed E-state index contributed by atoms with van der Waals surface area (Å²) in [6.07, 6.45) is 0.898. The molecule has 0 fully saturated rings. The van der Waals surface area contributed by atoms with E-state index in [-0.39, 0.29) is 13.2 Å². The molecule has 0 aromatic rings. The van der Waals surface area contributed by atoms with Crippen LogP contribution in [0.25, 0.3) is 0 Å². The van der Waals surface area contributed by atoms with Gasteiger partial charge in [-0.2, -0.15) is 0 Å². The summed E-state index contributed by atoms with van der Waals surface area (Å²) < 4.78 is 0. The minimum absolute atomic E-state index is 0.0505. The van der Waals surface area contributed by atoms with Gasteiger partial charge in [-0.25, -0.2) is 0 Å². The van der Waals surface area contributed by atoms with Crippen molar-refractivity contribution < 1.29 is 15.0 Å². The molecule has 4 heteroatoms. The van der Waals surface area contributed by atoms with Gasteiger partial charge in [-0.05, 0) is 0 Å². The number of hydrogen-bond donors (Lipinski definition) is 2. The molecular formula is C9H19NO3. The van der Waals surface area contributed by atoms with Crippen molar-refractivity contribution in [3.8, 4) is 0 Å². The summed E-state index contributed by atoms with van der Waals surface area (Å²) in [4.78, 5) is 12.5. The first kappa shape index (κ1) is 12.6. The highest BCUT2D eigenvalue weighted by Crippen LogP contribution is 2.12.